The zero-order chi connectivity index (χ0) is 17.6. The summed E-state index contributed by atoms with van der Waals surface area (Å²) in [5.74, 6) is 0.507. The third kappa shape index (κ3) is 4.97. The van der Waals surface area contributed by atoms with Crippen molar-refractivity contribution >= 4 is 17.3 Å². The quantitative estimate of drug-likeness (QED) is 0.587. The first-order chi connectivity index (χ1) is 12.1. The van der Waals surface area contributed by atoms with Crippen molar-refractivity contribution in [2.75, 3.05) is 5.32 Å². The van der Waals surface area contributed by atoms with E-state index in [2.05, 4.69) is 24.4 Å². The molecule has 0 aromatic heterocycles. The second-order valence-corrected chi connectivity index (χ2v) is 6.33. The number of nitrogens with one attached hydrogen (secondary N) is 1. The molecule has 128 valence electrons. The van der Waals surface area contributed by atoms with Gasteiger partial charge in [0.05, 0.1) is 0 Å². The first kappa shape index (κ1) is 17.3. The van der Waals surface area contributed by atoms with Crippen LogP contribution in [0.3, 0.4) is 0 Å². The highest BCUT2D eigenvalue weighted by Gasteiger charge is 2.06. The zero-order valence-corrected chi connectivity index (χ0v) is 14.7. The van der Waals surface area contributed by atoms with Crippen molar-refractivity contribution in [2.45, 2.75) is 20.1 Å². The molecule has 0 aliphatic rings. The van der Waals surface area contributed by atoms with Gasteiger partial charge in [-0.25, -0.2) is 4.39 Å². The van der Waals surface area contributed by atoms with E-state index >= 15 is 0 Å². The number of halogens is 2. The van der Waals surface area contributed by atoms with E-state index in [1.54, 1.807) is 18.2 Å². The van der Waals surface area contributed by atoms with Crippen molar-refractivity contribution in [1.82, 2.24) is 0 Å². The fraction of sp³-hybridized carbons (Fsp3) is 0.143. The van der Waals surface area contributed by atoms with Crippen LogP contribution in [0.5, 0.6) is 5.75 Å². The summed E-state index contributed by atoms with van der Waals surface area (Å²) in [5.41, 5.74) is 4.12. The Balaban J connectivity index is 1.70. The molecule has 3 rings (SSSR count). The van der Waals surface area contributed by atoms with Crippen LogP contribution in [-0.2, 0) is 13.2 Å². The molecule has 4 heteroatoms. The van der Waals surface area contributed by atoms with Gasteiger partial charge in [-0.1, -0.05) is 35.9 Å². The highest BCUT2D eigenvalue weighted by Crippen LogP contribution is 2.25. The number of aryl methyl sites for hydroxylation is 1. The minimum Gasteiger partial charge on any atom is -0.489 e. The van der Waals surface area contributed by atoms with Gasteiger partial charge in [0, 0.05) is 22.8 Å². The molecule has 0 saturated carbocycles. The Morgan fingerprint density at radius 2 is 1.80 bits per heavy atom. The van der Waals surface area contributed by atoms with Gasteiger partial charge in [-0.15, -0.1) is 0 Å². The maximum atomic E-state index is 13.0. The summed E-state index contributed by atoms with van der Waals surface area (Å²) >= 11 is 6.13. The summed E-state index contributed by atoms with van der Waals surface area (Å²) in [7, 11) is 0. The van der Waals surface area contributed by atoms with Crippen LogP contribution in [0, 0.1) is 12.7 Å². The summed E-state index contributed by atoms with van der Waals surface area (Å²) in [6.07, 6.45) is 0. The van der Waals surface area contributed by atoms with E-state index in [1.165, 1.54) is 17.7 Å². The average Bonchev–Trinajstić information content (AvgIpc) is 2.60. The van der Waals surface area contributed by atoms with Crippen LogP contribution in [-0.4, -0.2) is 0 Å². The lowest BCUT2D eigenvalue weighted by Gasteiger charge is -2.14. The average molecular weight is 356 g/mol. The Morgan fingerprint density at radius 1 is 1.00 bits per heavy atom. The van der Waals surface area contributed by atoms with Crippen molar-refractivity contribution in [3.05, 3.63) is 94.3 Å². The molecule has 25 heavy (non-hydrogen) atoms. The lowest BCUT2D eigenvalue weighted by molar-refractivity contribution is 0.303. The minimum absolute atomic E-state index is 0.252. The van der Waals surface area contributed by atoms with Crippen molar-refractivity contribution in [1.29, 1.82) is 0 Å². The molecule has 0 atom stereocenters. The molecule has 0 aliphatic heterocycles. The predicted molar refractivity (Wildman–Crippen MR) is 101 cm³/mol. The van der Waals surface area contributed by atoms with Gasteiger partial charge in [-0.05, 0) is 60.5 Å². The Bertz CT molecular complexity index is 849. The molecule has 0 aliphatic carbocycles. The first-order valence-corrected chi connectivity index (χ1v) is 8.44. The van der Waals surface area contributed by atoms with Crippen molar-refractivity contribution in [3.8, 4) is 5.75 Å². The topological polar surface area (TPSA) is 21.3 Å². The molecule has 3 aromatic carbocycles. The third-order valence-corrected chi connectivity index (χ3v) is 4.07. The van der Waals surface area contributed by atoms with Gasteiger partial charge in [-0.3, -0.25) is 0 Å². The molecule has 0 unspecified atom stereocenters. The van der Waals surface area contributed by atoms with Crippen molar-refractivity contribution in [3.63, 3.8) is 0 Å². The van der Waals surface area contributed by atoms with E-state index < -0.39 is 0 Å². The molecule has 0 fully saturated rings. The standard InChI is InChI=1S/C21H19ClFNO/c1-15-3-2-4-20(11-15)24-13-17-12-18(22)7-10-21(17)25-14-16-5-8-19(23)9-6-16/h2-12,24H,13-14H2,1H3. The lowest BCUT2D eigenvalue weighted by Crippen LogP contribution is -2.04. The zero-order valence-electron chi connectivity index (χ0n) is 13.9. The van der Waals surface area contributed by atoms with Crippen molar-refractivity contribution < 1.29 is 9.13 Å². The number of anilines is 1. The first-order valence-electron chi connectivity index (χ1n) is 8.06. The highest BCUT2D eigenvalue weighted by molar-refractivity contribution is 6.30. The molecule has 0 heterocycles. The van der Waals surface area contributed by atoms with E-state index in [1.807, 2.05) is 24.3 Å². The van der Waals surface area contributed by atoms with E-state index in [0.717, 1.165) is 22.6 Å². The van der Waals surface area contributed by atoms with Crippen molar-refractivity contribution in [2.24, 2.45) is 0 Å². The lowest BCUT2D eigenvalue weighted by atomic mass is 10.1. The van der Waals surface area contributed by atoms with E-state index in [4.69, 9.17) is 16.3 Å². The van der Waals surface area contributed by atoms with Crippen LogP contribution in [0.15, 0.2) is 66.7 Å². The number of ether oxygens (including phenoxy) is 1. The van der Waals surface area contributed by atoms with Crippen LogP contribution in [0.1, 0.15) is 16.7 Å². The summed E-state index contributed by atoms with van der Waals surface area (Å²) in [5, 5.41) is 4.05. The largest absolute Gasteiger partial charge is 0.489 e. The predicted octanol–water partition coefficient (Wildman–Crippen LogP) is 5.98. The molecule has 0 radical (unpaired) electrons. The fourth-order valence-electron chi connectivity index (χ4n) is 2.52. The van der Waals surface area contributed by atoms with E-state index in [0.29, 0.717) is 18.2 Å². The van der Waals surface area contributed by atoms with Gasteiger partial charge in [0.2, 0.25) is 0 Å². The fourth-order valence-corrected chi connectivity index (χ4v) is 2.72. The summed E-state index contributed by atoms with van der Waals surface area (Å²) in [4.78, 5) is 0. The molecule has 1 N–H and O–H groups in total. The second kappa shape index (κ2) is 8.04. The second-order valence-electron chi connectivity index (χ2n) is 5.89. The number of rotatable bonds is 6. The van der Waals surface area contributed by atoms with Crippen LogP contribution in [0.25, 0.3) is 0 Å². The molecule has 3 aromatic rings. The molecule has 2 nitrogen and oxygen atoms in total. The molecule has 0 spiro atoms. The molecular formula is C21H19ClFNO. The molecule has 0 bridgehead atoms. The SMILES string of the molecule is Cc1cccc(NCc2cc(Cl)ccc2OCc2ccc(F)cc2)c1. The Hall–Kier alpha value is -2.52. The highest BCUT2D eigenvalue weighted by atomic mass is 35.5. The molecule has 0 saturated heterocycles. The van der Waals surface area contributed by atoms with Gasteiger partial charge in [0.25, 0.3) is 0 Å². The van der Waals surface area contributed by atoms with Gasteiger partial charge in [0.1, 0.15) is 18.2 Å². The number of benzene rings is 3. The van der Waals surface area contributed by atoms with Crippen LogP contribution in [0.4, 0.5) is 10.1 Å². The Morgan fingerprint density at radius 3 is 2.56 bits per heavy atom. The van der Waals surface area contributed by atoms with E-state index in [9.17, 15) is 4.39 Å². The number of hydrogen-bond acceptors (Lipinski definition) is 2. The van der Waals surface area contributed by atoms with Crippen LogP contribution >= 0.6 is 11.6 Å². The monoisotopic (exact) mass is 355 g/mol. The van der Waals surface area contributed by atoms with Gasteiger partial charge >= 0.3 is 0 Å². The normalized spacial score (nSPS) is 10.5. The summed E-state index contributed by atoms with van der Waals surface area (Å²) < 4.78 is 18.9. The smallest absolute Gasteiger partial charge is 0.124 e. The maximum absolute atomic E-state index is 13.0. The van der Waals surface area contributed by atoms with Crippen LogP contribution < -0.4 is 10.1 Å². The Labute approximate surface area is 152 Å². The van der Waals surface area contributed by atoms with Gasteiger partial charge < -0.3 is 10.1 Å². The van der Waals surface area contributed by atoms with Gasteiger partial charge in [-0.2, -0.15) is 0 Å². The summed E-state index contributed by atoms with van der Waals surface area (Å²) in [6, 6.07) is 20.0. The Kier molecular flexibility index (Phi) is 5.56. The minimum atomic E-state index is -0.252. The summed E-state index contributed by atoms with van der Waals surface area (Å²) in [6.45, 7) is 3.03. The molecular weight excluding hydrogens is 337 g/mol. The maximum Gasteiger partial charge on any atom is 0.124 e. The van der Waals surface area contributed by atoms with Gasteiger partial charge in [0.15, 0.2) is 0 Å². The van der Waals surface area contributed by atoms with E-state index in [-0.39, 0.29) is 5.82 Å². The number of hydrogen-bond donors (Lipinski definition) is 1. The molecule has 0 amide bonds. The van der Waals surface area contributed by atoms with Crippen LogP contribution in [0.2, 0.25) is 5.02 Å². The third-order valence-electron chi connectivity index (χ3n) is 3.83.